The SMILES string of the molecule is CC(CNC(=O)C1CCCC(NC(=O)OCC2c3ccccc3-c3ccccc32)C1)C(=O)O. The quantitative estimate of drug-likeness (QED) is 0.593. The zero-order valence-corrected chi connectivity index (χ0v) is 18.8. The summed E-state index contributed by atoms with van der Waals surface area (Å²) in [4.78, 5) is 35.9. The average molecular weight is 451 g/mol. The second kappa shape index (κ2) is 10.1. The molecule has 0 heterocycles. The number of fused-ring (bicyclic) bond motifs is 3. The van der Waals surface area contributed by atoms with Gasteiger partial charge in [-0.3, -0.25) is 9.59 Å². The van der Waals surface area contributed by atoms with Gasteiger partial charge in [0.05, 0.1) is 5.92 Å². The van der Waals surface area contributed by atoms with Crippen molar-refractivity contribution in [3.8, 4) is 11.1 Å². The highest BCUT2D eigenvalue weighted by molar-refractivity contribution is 5.80. The van der Waals surface area contributed by atoms with Crippen LogP contribution >= 0.6 is 0 Å². The topological polar surface area (TPSA) is 105 Å². The average Bonchev–Trinajstić information content (AvgIpc) is 3.15. The van der Waals surface area contributed by atoms with Gasteiger partial charge in [-0.1, -0.05) is 61.9 Å². The number of carboxylic acid groups (broad SMARTS) is 1. The second-order valence-electron chi connectivity index (χ2n) is 9.01. The van der Waals surface area contributed by atoms with Gasteiger partial charge in [-0.2, -0.15) is 0 Å². The molecule has 7 nitrogen and oxygen atoms in total. The molecule has 3 atom stereocenters. The van der Waals surface area contributed by atoms with Gasteiger partial charge >= 0.3 is 12.1 Å². The van der Waals surface area contributed by atoms with E-state index in [2.05, 4.69) is 34.9 Å². The predicted octanol–water partition coefficient (Wildman–Crippen LogP) is 3.92. The fraction of sp³-hybridized carbons (Fsp3) is 0.423. The van der Waals surface area contributed by atoms with E-state index in [9.17, 15) is 14.4 Å². The number of carbonyl (C=O) groups excluding carboxylic acids is 2. The van der Waals surface area contributed by atoms with E-state index in [0.29, 0.717) is 6.42 Å². The summed E-state index contributed by atoms with van der Waals surface area (Å²) in [5.74, 6) is -1.95. The van der Waals surface area contributed by atoms with E-state index < -0.39 is 18.0 Å². The molecule has 174 valence electrons. The van der Waals surface area contributed by atoms with Crippen molar-refractivity contribution in [1.82, 2.24) is 10.6 Å². The first-order chi connectivity index (χ1) is 15.9. The molecule has 2 aliphatic carbocycles. The van der Waals surface area contributed by atoms with E-state index in [1.54, 1.807) is 6.92 Å². The van der Waals surface area contributed by atoms with E-state index in [-0.39, 0.29) is 36.9 Å². The zero-order valence-electron chi connectivity index (χ0n) is 18.8. The lowest BCUT2D eigenvalue weighted by atomic mass is 9.85. The second-order valence-corrected chi connectivity index (χ2v) is 9.01. The molecule has 1 saturated carbocycles. The number of nitrogens with one attached hydrogen (secondary N) is 2. The molecule has 1 fully saturated rings. The number of hydrogen-bond donors (Lipinski definition) is 3. The van der Waals surface area contributed by atoms with E-state index >= 15 is 0 Å². The molecule has 0 bridgehead atoms. The maximum atomic E-state index is 12.6. The molecule has 33 heavy (non-hydrogen) atoms. The highest BCUT2D eigenvalue weighted by atomic mass is 16.5. The molecule has 0 spiro atoms. The summed E-state index contributed by atoms with van der Waals surface area (Å²) in [7, 11) is 0. The van der Waals surface area contributed by atoms with Crippen molar-refractivity contribution in [2.75, 3.05) is 13.2 Å². The molecule has 2 aliphatic rings. The first kappa shape index (κ1) is 22.8. The van der Waals surface area contributed by atoms with Gasteiger partial charge in [0.2, 0.25) is 5.91 Å². The van der Waals surface area contributed by atoms with Gasteiger partial charge in [0.1, 0.15) is 6.61 Å². The molecule has 0 saturated heterocycles. The van der Waals surface area contributed by atoms with Crippen LogP contribution in [0.25, 0.3) is 11.1 Å². The Labute approximate surface area is 193 Å². The molecule has 3 unspecified atom stereocenters. The van der Waals surface area contributed by atoms with Gasteiger partial charge in [-0.25, -0.2) is 4.79 Å². The number of alkyl carbamates (subject to hydrolysis) is 1. The highest BCUT2D eigenvalue weighted by Gasteiger charge is 2.31. The number of aliphatic carboxylic acids is 1. The summed E-state index contributed by atoms with van der Waals surface area (Å²) < 4.78 is 5.63. The Morgan fingerprint density at radius 1 is 1.03 bits per heavy atom. The van der Waals surface area contributed by atoms with Crippen molar-refractivity contribution >= 4 is 18.0 Å². The summed E-state index contributed by atoms with van der Waals surface area (Å²) >= 11 is 0. The van der Waals surface area contributed by atoms with Crippen molar-refractivity contribution in [3.63, 3.8) is 0 Å². The maximum Gasteiger partial charge on any atom is 0.407 e. The van der Waals surface area contributed by atoms with Crippen LogP contribution in [0.5, 0.6) is 0 Å². The number of ether oxygens (including phenoxy) is 1. The Morgan fingerprint density at radius 2 is 1.67 bits per heavy atom. The minimum atomic E-state index is -0.936. The van der Waals surface area contributed by atoms with Gasteiger partial charge in [0.25, 0.3) is 0 Å². The van der Waals surface area contributed by atoms with Crippen molar-refractivity contribution in [2.24, 2.45) is 11.8 Å². The Balaban J connectivity index is 1.30. The summed E-state index contributed by atoms with van der Waals surface area (Å²) in [6, 6.07) is 16.3. The molecule has 2 aromatic carbocycles. The first-order valence-corrected chi connectivity index (χ1v) is 11.6. The third kappa shape index (κ3) is 5.18. The van der Waals surface area contributed by atoms with E-state index in [1.165, 1.54) is 11.1 Å². The Kier molecular flexibility index (Phi) is 6.96. The molecule has 0 radical (unpaired) electrons. The van der Waals surface area contributed by atoms with Crippen molar-refractivity contribution < 1.29 is 24.2 Å². The lowest BCUT2D eigenvalue weighted by Crippen LogP contribution is -2.43. The molecule has 0 aliphatic heterocycles. The number of carbonyl (C=O) groups is 3. The fourth-order valence-electron chi connectivity index (χ4n) is 4.85. The summed E-state index contributed by atoms with van der Waals surface area (Å²) in [6.07, 6.45) is 2.40. The van der Waals surface area contributed by atoms with Crippen molar-refractivity contribution in [3.05, 3.63) is 59.7 Å². The molecule has 2 amide bonds. The maximum absolute atomic E-state index is 12.6. The smallest absolute Gasteiger partial charge is 0.407 e. The number of benzene rings is 2. The van der Waals surface area contributed by atoms with Crippen LogP contribution < -0.4 is 10.6 Å². The predicted molar refractivity (Wildman–Crippen MR) is 124 cm³/mol. The van der Waals surface area contributed by atoms with Gasteiger partial charge in [0.15, 0.2) is 0 Å². The number of carboxylic acids is 1. The van der Waals surface area contributed by atoms with Crippen LogP contribution in [0.15, 0.2) is 48.5 Å². The Morgan fingerprint density at radius 3 is 2.30 bits per heavy atom. The van der Waals surface area contributed by atoms with Gasteiger partial charge in [-0.05, 0) is 41.5 Å². The number of rotatable bonds is 7. The molecular weight excluding hydrogens is 420 g/mol. The van der Waals surface area contributed by atoms with Crippen molar-refractivity contribution in [1.29, 1.82) is 0 Å². The molecule has 7 heteroatoms. The van der Waals surface area contributed by atoms with Gasteiger partial charge in [0, 0.05) is 24.4 Å². The zero-order chi connectivity index (χ0) is 23.4. The van der Waals surface area contributed by atoms with Gasteiger partial charge < -0.3 is 20.5 Å². The largest absolute Gasteiger partial charge is 0.481 e. The van der Waals surface area contributed by atoms with Crippen molar-refractivity contribution in [2.45, 2.75) is 44.6 Å². The van der Waals surface area contributed by atoms with Gasteiger partial charge in [-0.15, -0.1) is 0 Å². The molecule has 3 N–H and O–H groups in total. The monoisotopic (exact) mass is 450 g/mol. The standard InChI is InChI=1S/C26H30N2O5/c1-16(25(30)31)14-27-24(29)17-7-6-8-18(13-17)28-26(32)33-15-23-21-11-4-2-9-19(21)20-10-3-5-12-22(20)23/h2-5,9-12,16-18,23H,6-8,13-15H2,1H3,(H,27,29)(H,28,32)(H,30,31). The van der Waals surface area contributed by atoms with Crippen LogP contribution in [0.3, 0.4) is 0 Å². The third-order valence-corrected chi connectivity index (χ3v) is 6.71. The van der Waals surface area contributed by atoms with Crippen LogP contribution in [0.4, 0.5) is 4.79 Å². The lowest BCUT2D eigenvalue weighted by Gasteiger charge is -2.29. The van der Waals surface area contributed by atoms with Crippen LogP contribution in [0, 0.1) is 11.8 Å². The van der Waals surface area contributed by atoms with Crippen LogP contribution in [-0.2, 0) is 14.3 Å². The first-order valence-electron chi connectivity index (χ1n) is 11.6. The molecule has 2 aromatic rings. The number of amides is 2. The Bertz CT molecular complexity index is 991. The van der Waals surface area contributed by atoms with Crippen LogP contribution in [0.2, 0.25) is 0 Å². The summed E-state index contributed by atoms with van der Waals surface area (Å²) in [5, 5.41) is 14.6. The van der Waals surface area contributed by atoms with Crippen LogP contribution in [0.1, 0.15) is 49.7 Å². The number of hydrogen-bond acceptors (Lipinski definition) is 4. The third-order valence-electron chi connectivity index (χ3n) is 6.71. The fourth-order valence-corrected chi connectivity index (χ4v) is 4.85. The summed E-state index contributed by atoms with van der Waals surface area (Å²) in [5.41, 5.74) is 4.69. The molecular formula is C26H30N2O5. The molecule has 0 aromatic heterocycles. The van der Waals surface area contributed by atoms with E-state index in [1.807, 2.05) is 24.3 Å². The minimum Gasteiger partial charge on any atom is -0.481 e. The highest BCUT2D eigenvalue weighted by Crippen LogP contribution is 2.44. The van der Waals surface area contributed by atoms with E-state index in [0.717, 1.165) is 30.4 Å². The molecule has 4 rings (SSSR count). The van der Waals surface area contributed by atoms with Crippen LogP contribution in [-0.4, -0.2) is 42.3 Å². The minimum absolute atomic E-state index is 0.00394. The van der Waals surface area contributed by atoms with E-state index in [4.69, 9.17) is 9.84 Å². The Hall–Kier alpha value is -3.35. The lowest BCUT2D eigenvalue weighted by molar-refractivity contribution is -0.141. The summed E-state index contributed by atoms with van der Waals surface area (Å²) in [6.45, 7) is 1.92. The normalized spacial score (nSPS) is 20.3.